The summed E-state index contributed by atoms with van der Waals surface area (Å²) in [6.45, 7) is 5.43. The number of aromatic nitrogens is 2. The Bertz CT molecular complexity index is 1340. The van der Waals surface area contributed by atoms with Crippen molar-refractivity contribution in [1.29, 1.82) is 0 Å². The first-order valence-corrected chi connectivity index (χ1v) is 14.4. The van der Waals surface area contributed by atoms with Crippen molar-refractivity contribution in [2.24, 2.45) is 0 Å². The molecular weight excluding hydrogens is 522 g/mol. The largest absolute Gasteiger partial charge is 0.495 e. The average molecular weight is 550 g/mol. The van der Waals surface area contributed by atoms with Crippen LogP contribution in [-0.4, -0.2) is 68.0 Å². The van der Waals surface area contributed by atoms with Crippen molar-refractivity contribution in [3.8, 4) is 5.75 Å². The van der Waals surface area contributed by atoms with Crippen molar-refractivity contribution in [2.75, 3.05) is 49.8 Å². The number of benzene rings is 2. The van der Waals surface area contributed by atoms with Gasteiger partial charge < -0.3 is 20.1 Å². The molecule has 1 saturated heterocycles. The molecule has 1 aromatic heterocycles. The van der Waals surface area contributed by atoms with Crippen molar-refractivity contribution < 1.29 is 22.7 Å². The van der Waals surface area contributed by atoms with E-state index in [1.54, 1.807) is 0 Å². The van der Waals surface area contributed by atoms with Crippen LogP contribution in [0.2, 0.25) is 0 Å². The SMILES string of the molecule is COc1cc(S(=O)(=O)N2CCOCC2)ccc1NC(=O)CSc1nnc(Nc2ccc(C)c(C)c2)s1. The summed E-state index contributed by atoms with van der Waals surface area (Å²) in [6.07, 6.45) is 0. The van der Waals surface area contributed by atoms with Crippen molar-refractivity contribution in [3.63, 3.8) is 0 Å². The Balaban J connectivity index is 1.35. The molecule has 13 heteroatoms. The van der Waals surface area contributed by atoms with E-state index in [0.29, 0.717) is 41.5 Å². The number of nitrogens with one attached hydrogen (secondary N) is 2. The molecule has 0 saturated carbocycles. The third-order valence-corrected chi connectivity index (χ3v) is 9.41. The molecule has 0 atom stereocenters. The van der Waals surface area contributed by atoms with Gasteiger partial charge in [0.25, 0.3) is 0 Å². The van der Waals surface area contributed by atoms with E-state index in [-0.39, 0.29) is 22.3 Å². The van der Waals surface area contributed by atoms with Crippen LogP contribution in [0, 0.1) is 13.8 Å². The second-order valence-corrected chi connectivity index (χ2v) is 12.2. The Labute approximate surface area is 218 Å². The van der Waals surface area contributed by atoms with E-state index in [4.69, 9.17) is 9.47 Å². The fraction of sp³-hybridized carbons (Fsp3) is 0.348. The monoisotopic (exact) mass is 549 g/mol. The average Bonchev–Trinajstić information content (AvgIpc) is 3.33. The molecule has 192 valence electrons. The molecule has 2 aromatic carbocycles. The molecule has 2 N–H and O–H groups in total. The van der Waals surface area contributed by atoms with Gasteiger partial charge in [0.1, 0.15) is 5.75 Å². The summed E-state index contributed by atoms with van der Waals surface area (Å²) in [5.41, 5.74) is 3.70. The normalized spacial score (nSPS) is 14.4. The summed E-state index contributed by atoms with van der Waals surface area (Å²) in [5, 5.41) is 14.9. The van der Waals surface area contributed by atoms with Crippen molar-refractivity contribution in [3.05, 3.63) is 47.5 Å². The van der Waals surface area contributed by atoms with Crippen LogP contribution in [0.4, 0.5) is 16.5 Å². The summed E-state index contributed by atoms with van der Waals surface area (Å²) in [5.74, 6) is 0.0920. The molecule has 0 bridgehead atoms. The molecule has 0 spiro atoms. The van der Waals surface area contributed by atoms with Gasteiger partial charge in [0.15, 0.2) is 4.34 Å². The number of aryl methyl sites for hydroxylation is 2. The Morgan fingerprint density at radius 3 is 2.64 bits per heavy atom. The minimum absolute atomic E-state index is 0.103. The van der Waals surface area contributed by atoms with Crippen LogP contribution < -0.4 is 15.4 Å². The molecule has 1 fully saturated rings. The second kappa shape index (κ2) is 11.6. The highest BCUT2D eigenvalue weighted by Crippen LogP contribution is 2.31. The van der Waals surface area contributed by atoms with Gasteiger partial charge in [-0.25, -0.2) is 8.42 Å². The van der Waals surface area contributed by atoms with E-state index in [9.17, 15) is 13.2 Å². The van der Waals surface area contributed by atoms with Crippen LogP contribution in [0.5, 0.6) is 5.75 Å². The van der Waals surface area contributed by atoms with Gasteiger partial charge in [0.05, 0.1) is 36.7 Å². The number of methoxy groups -OCH3 is 1. The fourth-order valence-electron chi connectivity index (χ4n) is 3.45. The number of nitrogens with zero attached hydrogens (tertiary/aromatic N) is 3. The van der Waals surface area contributed by atoms with E-state index in [1.807, 2.05) is 25.1 Å². The number of hydrogen-bond donors (Lipinski definition) is 2. The van der Waals surface area contributed by atoms with Crippen molar-refractivity contribution >= 4 is 55.5 Å². The minimum atomic E-state index is -3.67. The van der Waals surface area contributed by atoms with E-state index < -0.39 is 10.0 Å². The maximum Gasteiger partial charge on any atom is 0.243 e. The highest BCUT2D eigenvalue weighted by atomic mass is 32.2. The quantitative estimate of drug-likeness (QED) is 0.385. The number of amides is 1. The van der Waals surface area contributed by atoms with Gasteiger partial charge >= 0.3 is 0 Å². The lowest BCUT2D eigenvalue weighted by atomic mass is 10.1. The zero-order chi connectivity index (χ0) is 25.7. The first-order valence-electron chi connectivity index (χ1n) is 11.1. The van der Waals surface area contributed by atoms with Crippen LogP contribution in [-0.2, 0) is 19.6 Å². The van der Waals surface area contributed by atoms with E-state index >= 15 is 0 Å². The summed E-state index contributed by atoms with van der Waals surface area (Å²) < 4.78 is 38.4. The van der Waals surface area contributed by atoms with Gasteiger partial charge in [-0.2, -0.15) is 4.31 Å². The summed E-state index contributed by atoms with van der Waals surface area (Å²) >= 11 is 2.62. The number of rotatable bonds is 9. The number of carbonyl (C=O) groups is 1. The summed E-state index contributed by atoms with van der Waals surface area (Å²) in [4.78, 5) is 12.7. The van der Waals surface area contributed by atoms with Gasteiger partial charge in [-0.05, 0) is 49.2 Å². The highest BCUT2D eigenvalue weighted by molar-refractivity contribution is 8.01. The van der Waals surface area contributed by atoms with E-state index in [0.717, 1.165) is 5.69 Å². The lowest BCUT2D eigenvalue weighted by Crippen LogP contribution is -2.40. The molecule has 36 heavy (non-hydrogen) atoms. The number of carbonyl (C=O) groups excluding carboxylic acids is 1. The maximum absolute atomic E-state index is 12.9. The molecule has 2 heterocycles. The van der Waals surface area contributed by atoms with Gasteiger partial charge in [-0.1, -0.05) is 29.2 Å². The Kier molecular flexibility index (Phi) is 8.46. The molecule has 3 aromatic rings. The molecule has 1 aliphatic rings. The molecule has 1 amide bonds. The number of anilines is 3. The van der Waals surface area contributed by atoms with Gasteiger partial charge in [0, 0.05) is 24.8 Å². The zero-order valence-corrected chi connectivity index (χ0v) is 22.6. The Morgan fingerprint density at radius 2 is 1.92 bits per heavy atom. The number of morpholine rings is 1. The molecule has 1 aliphatic heterocycles. The molecule has 0 aliphatic carbocycles. The molecule has 0 unspecified atom stereocenters. The Morgan fingerprint density at radius 1 is 1.14 bits per heavy atom. The fourth-order valence-corrected chi connectivity index (χ4v) is 6.44. The highest BCUT2D eigenvalue weighted by Gasteiger charge is 2.27. The van der Waals surface area contributed by atoms with Crippen LogP contribution in [0.25, 0.3) is 0 Å². The number of ether oxygens (including phenoxy) is 2. The molecular formula is C23H27N5O5S3. The van der Waals surface area contributed by atoms with Crippen LogP contribution >= 0.6 is 23.1 Å². The molecule has 10 nitrogen and oxygen atoms in total. The van der Waals surface area contributed by atoms with Crippen LogP contribution in [0.15, 0.2) is 45.6 Å². The van der Waals surface area contributed by atoms with Crippen molar-refractivity contribution in [1.82, 2.24) is 14.5 Å². The lowest BCUT2D eigenvalue weighted by Gasteiger charge is -2.26. The third kappa shape index (κ3) is 6.34. The van der Waals surface area contributed by atoms with Crippen LogP contribution in [0.3, 0.4) is 0 Å². The third-order valence-electron chi connectivity index (χ3n) is 5.55. The van der Waals surface area contributed by atoms with E-state index in [2.05, 4.69) is 27.8 Å². The van der Waals surface area contributed by atoms with Gasteiger partial charge in [-0.15, -0.1) is 10.2 Å². The van der Waals surface area contributed by atoms with Gasteiger partial charge in [0.2, 0.25) is 21.1 Å². The summed E-state index contributed by atoms with van der Waals surface area (Å²) in [7, 11) is -2.25. The predicted molar refractivity (Wildman–Crippen MR) is 141 cm³/mol. The zero-order valence-electron chi connectivity index (χ0n) is 20.1. The number of sulfonamides is 1. The smallest absolute Gasteiger partial charge is 0.243 e. The lowest BCUT2D eigenvalue weighted by molar-refractivity contribution is -0.113. The maximum atomic E-state index is 12.9. The van der Waals surface area contributed by atoms with Crippen molar-refractivity contribution in [2.45, 2.75) is 23.1 Å². The summed E-state index contributed by atoms with van der Waals surface area (Å²) in [6, 6.07) is 10.5. The first kappa shape index (κ1) is 26.4. The number of hydrogen-bond acceptors (Lipinski definition) is 10. The Hall–Kier alpha value is -2.71. The minimum Gasteiger partial charge on any atom is -0.495 e. The standard InChI is InChI=1S/C23H27N5O5S3/c1-15-4-5-17(12-16(15)2)24-22-26-27-23(35-22)34-14-21(29)25-19-7-6-18(13-20(19)32-3)36(30,31)28-8-10-33-11-9-28/h4-7,12-13H,8-11,14H2,1-3H3,(H,24,26)(H,25,29). The second-order valence-electron chi connectivity index (χ2n) is 8.01. The van der Waals surface area contributed by atoms with Gasteiger partial charge in [-0.3, -0.25) is 4.79 Å². The van der Waals surface area contributed by atoms with E-state index in [1.165, 1.54) is 63.8 Å². The van der Waals surface area contributed by atoms with Crippen LogP contribution in [0.1, 0.15) is 11.1 Å². The molecule has 0 radical (unpaired) electrons. The first-order chi connectivity index (χ1) is 17.3. The molecule has 4 rings (SSSR count). The predicted octanol–water partition coefficient (Wildman–Crippen LogP) is 3.66. The number of thioether (sulfide) groups is 1. The topological polar surface area (TPSA) is 123 Å².